The summed E-state index contributed by atoms with van der Waals surface area (Å²) in [6, 6.07) is 3.74. The maximum absolute atomic E-state index is 12.1. The summed E-state index contributed by atoms with van der Waals surface area (Å²) < 4.78 is 12.4. The van der Waals surface area contributed by atoms with Crippen molar-refractivity contribution in [2.45, 2.75) is 18.0 Å². The maximum atomic E-state index is 12.1. The first-order valence-corrected chi connectivity index (χ1v) is 7.08. The first-order chi connectivity index (χ1) is 9.24. The van der Waals surface area contributed by atoms with Gasteiger partial charge in [-0.15, -0.1) is 0 Å². The molecule has 0 saturated carbocycles. The standard InChI is InChI=1S/C13H14N2O3S/c1-17-10-6-8-9(7-11(10)18-2)14-13(16)15-4-3-5-19-12(8)15/h6-7H,3-5H2,1-2H3/p+1. The van der Waals surface area contributed by atoms with Crippen molar-refractivity contribution in [1.82, 2.24) is 4.98 Å². The summed E-state index contributed by atoms with van der Waals surface area (Å²) in [4.78, 5) is 15.0. The topological polar surface area (TPSA) is 55.2 Å². The van der Waals surface area contributed by atoms with Crippen LogP contribution in [-0.2, 0) is 6.54 Å². The van der Waals surface area contributed by atoms with E-state index in [0.717, 1.165) is 34.6 Å². The van der Waals surface area contributed by atoms with Gasteiger partial charge < -0.3 is 9.47 Å². The minimum Gasteiger partial charge on any atom is -0.493 e. The van der Waals surface area contributed by atoms with Crippen LogP contribution in [0.5, 0.6) is 11.5 Å². The molecule has 0 aliphatic carbocycles. The Morgan fingerprint density at radius 1 is 1.26 bits per heavy atom. The number of benzene rings is 1. The molecular formula is C13H15N2O3S+. The highest BCUT2D eigenvalue weighted by molar-refractivity contribution is 7.99. The number of nitrogens with one attached hydrogen (secondary N) is 1. The molecule has 0 spiro atoms. The Morgan fingerprint density at radius 3 is 2.74 bits per heavy atom. The fourth-order valence-electron chi connectivity index (χ4n) is 2.33. The number of hydrogen-bond acceptors (Lipinski definition) is 4. The van der Waals surface area contributed by atoms with E-state index < -0.39 is 0 Å². The van der Waals surface area contributed by atoms with Gasteiger partial charge in [0.15, 0.2) is 16.5 Å². The minimum absolute atomic E-state index is 0.0677. The summed E-state index contributed by atoms with van der Waals surface area (Å²) in [5, 5.41) is 2.01. The van der Waals surface area contributed by atoms with E-state index in [0.29, 0.717) is 11.5 Å². The molecule has 1 aliphatic heterocycles. The van der Waals surface area contributed by atoms with Crippen LogP contribution in [0.4, 0.5) is 0 Å². The molecule has 5 nitrogen and oxygen atoms in total. The van der Waals surface area contributed by atoms with Crippen molar-refractivity contribution in [3.05, 3.63) is 22.6 Å². The van der Waals surface area contributed by atoms with Gasteiger partial charge in [0.2, 0.25) is 0 Å². The van der Waals surface area contributed by atoms with Gasteiger partial charge in [0.25, 0.3) is 0 Å². The lowest BCUT2D eigenvalue weighted by atomic mass is 10.2. The number of hydrogen-bond donors (Lipinski definition) is 1. The van der Waals surface area contributed by atoms with Crippen LogP contribution < -0.4 is 19.7 Å². The predicted molar refractivity (Wildman–Crippen MR) is 73.2 cm³/mol. The van der Waals surface area contributed by atoms with Crippen molar-refractivity contribution < 1.29 is 14.0 Å². The number of rotatable bonds is 2. The lowest BCUT2D eigenvalue weighted by Gasteiger charge is -2.14. The minimum atomic E-state index is -0.0677. The third kappa shape index (κ3) is 1.96. The lowest BCUT2D eigenvalue weighted by molar-refractivity contribution is -0.748. The molecule has 1 aromatic heterocycles. The third-order valence-electron chi connectivity index (χ3n) is 3.25. The van der Waals surface area contributed by atoms with E-state index in [9.17, 15) is 4.79 Å². The second-order valence-electron chi connectivity index (χ2n) is 4.34. The van der Waals surface area contributed by atoms with Crippen molar-refractivity contribution in [2.24, 2.45) is 0 Å². The number of methoxy groups -OCH3 is 2. The van der Waals surface area contributed by atoms with Crippen molar-refractivity contribution in [2.75, 3.05) is 20.0 Å². The van der Waals surface area contributed by atoms with Gasteiger partial charge in [0, 0.05) is 17.9 Å². The van der Waals surface area contributed by atoms with E-state index in [2.05, 4.69) is 4.98 Å². The molecular weight excluding hydrogens is 264 g/mol. The van der Waals surface area contributed by atoms with Crippen LogP contribution in [0.25, 0.3) is 10.9 Å². The molecule has 0 unspecified atom stereocenters. The van der Waals surface area contributed by atoms with Crippen LogP contribution in [0, 0.1) is 0 Å². The van der Waals surface area contributed by atoms with Gasteiger partial charge >= 0.3 is 5.69 Å². The molecule has 0 saturated heterocycles. The van der Waals surface area contributed by atoms with Gasteiger partial charge in [-0.25, -0.2) is 4.98 Å². The third-order valence-corrected chi connectivity index (χ3v) is 4.46. The average molecular weight is 279 g/mol. The molecule has 6 heteroatoms. The molecule has 3 rings (SSSR count). The van der Waals surface area contributed by atoms with Crippen molar-refractivity contribution in [3.8, 4) is 11.5 Å². The molecule has 0 atom stereocenters. The van der Waals surface area contributed by atoms with Crippen LogP contribution in [0.3, 0.4) is 0 Å². The molecule has 100 valence electrons. The Kier molecular flexibility index (Phi) is 3.10. The Labute approximate surface area is 114 Å². The van der Waals surface area contributed by atoms with Gasteiger partial charge in [0.05, 0.1) is 26.2 Å². The molecule has 1 N–H and O–H groups in total. The van der Waals surface area contributed by atoms with E-state index in [1.807, 2.05) is 12.1 Å². The quantitative estimate of drug-likeness (QED) is 0.665. The highest BCUT2D eigenvalue weighted by Crippen LogP contribution is 2.34. The molecule has 1 aliphatic rings. The first kappa shape index (κ1) is 12.3. The summed E-state index contributed by atoms with van der Waals surface area (Å²) in [5.41, 5.74) is 0.713. The number of aromatic nitrogens is 2. The van der Waals surface area contributed by atoms with Crippen LogP contribution in [0.15, 0.2) is 22.0 Å². The lowest BCUT2D eigenvalue weighted by Crippen LogP contribution is -2.54. The van der Waals surface area contributed by atoms with Gasteiger partial charge in [-0.1, -0.05) is 11.8 Å². The van der Waals surface area contributed by atoms with Gasteiger partial charge in [-0.05, 0) is 6.42 Å². The fourth-order valence-corrected chi connectivity index (χ4v) is 3.45. The first-order valence-electron chi connectivity index (χ1n) is 6.09. The fraction of sp³-hybridized carbons (Fsp3) is 0.385. The van der Waals surface area contributed by atoms with Crippen LogP contribution in [0.1, 0.15) is 6.42 Å². The van der Waals surface area contributed by atoms with Crippen LogP contribution in [0.2, 0.25) is 0 Å². The zero-order valence-corrected chi connectivity index (χ0v) is 11.7. The molecule has 2 aromatic rings. The second kappa shape index (κ2) is 4.77. The Morgan fingerprint density at radius 2 is 2.00 bits per heavy atom. The number of aromatic amines is 1. The smallest absolute Gasteiger partial charge is 0.493 e. The van der Waals surface area contributed by atoms with E-state index in [-0.39, 0.29) is 5.69 Å². The summed E-state index contributed by atoms with van der Waals surface area (Å²) >= 11 is 1.71. The molecule has 0 radical (unpaired) electrons. The number of H-pyrrole nitrogens is 1. The zero-order valence-electron chi connectivity index (χ0n) is 10.9. The van der Waals surface area contributed by atoms with Gasteiger partial charge in [0.1, 0.15) is 5.52 Å². The second-order valence-corrected chi connectivity index (χ2v) is 5.43. The largest absolute Gasteiger partial charge is 0.497 e. The Hall–Kier alpha value is -1.69. The zero-order chi connectivity index (χ0) is 13.4. The SMILES string of the molecule is COc1cc2[nH]c(=O)[n+]3c(c2cc1OC)SCCC3. The molecule has 0 fully saturated rings. The predicted octanol–water partition coefficient (Wildman–Crippen LogP) is 1.33. The van der Waals surface area contributed by atoms with Crippen LogP contribution >= 0.6 is 11.8 Å². The number of thioether (sulfide) groups is 1. The van der Waals surface area contributed by atoms with E-state index in [1.165, 1.54) is 0 Å². The monoisotopic (exact) mass is 279 g/mol. The molecule has 0 amide bonds. The number of nitrogens with zero attached hydrogens (tertiary/aromatic N) is 1. The van der Waals surface area contributed by atoms with Crippen LogP contribution in [-0.4, -0.2) is 25.0 Å². The van der Waals surface area contributed by atoms with E-state index >= 15 is 0 Å². The highest BCUT2D eigenvalue weighted by Gasteiger charge is 2.23. The average Bonchev–Trinajstić information content (AvgIpc) is 2.46. The molecule has 0 bridgehead atoms. The Balaban J connectivity index is 2.35. The summed E-state index contributed by atoms with van der Waals surface area (Å²) in [6.07, 6.45) is 1.02. The number of ether oxygens (including phenoxy) is 2. The van der Waals surface area contributed by atoms with Crippen molar-refractivity contribution >= 4 is 22.7 Å². The molecule has 2 heterocycles. The highest BCUT2D eigenvalue weighted by atomic mass is 32.2. The van der Waals surface area contributed by atoms with Gasteiger partial charge in [-0.3, -0.25) is 0 Å². The van der Waals surface area contributed by atoms with E-state index in [4.69, 9.17) is 9.47 Å². The summed E-state index contributed by atoms with van der Waals surface area (Å²) in [6.45, 7) is 0.766. The number of fused-ring (bicyclic) bond motifs is 3. The van der Waals surface area contributed by atoms with E-state index in [1.54, 1.807) is 30.5 Å². The van der Waals surface area contributed by atoms with Crippen molar-refractivity contribution in [1.29, 1.82) is 0 Å². The molecule has 19 heavy (non-hydrogen) atoms. The summed E-state index contributed by atoms with van der Waals surface area (Å²) in [5.74, 6) is 2.33. The van der Waals surface area contributed by atoms with Crippen molar-refractivity contribution in [3.63, 3.8) is 0 Å². The normalized spacial score (nSPS) is 14.2. The Bertz CT molecular complexity index is 696. The molecule has 1 aromatic carbocycles. The maximum Gasteiger partial charge on any atom is 0.497 e. The van der Waals surface area contributed by atoms with Gasteiger partial charge in [-0.2, -0.15) is 9.36 Å². The summed E-state index contributed by atoms with van der Waals surface area (Å²) in [7, 11) is 3.20.